The molecule has 1 saturated heterocycles. The van der Waals surface area contributed by atoms with E-state index in [2.05, 4.69) is 0 Å². The Balaban J connectivity index is 2.04. The van der Waals surface area contributed by atoms with Crippen molar-refractivity contribution in [1.29, 1.82) is 0 Å². The molecule has 5 nitrogen and oxygen atoms in total. The molecule has 0 amide bonds. The van der Waals surface area contributed by atoms with Crippen molar-refractivity contribution in [2.45, 2.75) is 13.0 Å². The van der Waals surface area contributed by atoms with Crippen LogP contribution in [0.15, 0.2) is 27.4 Å². The van der Waals surface area contributed by atoms with Gasteiger partial charge in [-0.05, 0) is 6.92 Å². The van der Waals surface area contributed by atoms with Gasteiger partial charge in [0, 0.05) is 18.2 Å². The van der Waals surface area contributed by atoms with Crippen molar-refractivity contribution < 1.29 is 19.0 Å². The highest BCUT2D eigenvalue weighted by atomic mass is 16.6. The van der Waals surface area contributed by atoms with Crippen molar-refractivity contribution in [2.24, 2.45) is 0 Å². The van der Waals surface area contributed by atoms with Gasteiger partial charge in [-0.1, -0.05) is 0 Å². The lowest BCUT2D eigenvalue weighted by molar-refractivity contribution is 0.262. The summed E-state index contributed by atoms with van der Waals surface area (Å²) in [4.78, 5) is 11.7. The Morgan fingerprint density at radius 1 is 1.44 bits per heavy atom. The SMILES string of the molecule is Cc1cc(=O)c2c(O)cc(OC[C@@H]3CO3)cc2o1. The van der Waals surface area contributed by atoms with Crippen LogP contribution >= 0.6 is 0 Å². The van der Waals surface area contributed by atoms with Gasteiger partial charge in [-0.3, -0.25) is 4.79 Å². The summed E-state index contributed by atoms with van der Waals surface area (Å²) in [6.45, 7) is 2.82. The first kappa shape index (κ1) is 11.1. The van der Waals surface area contributed by atoms with Crippen LogP contribution < -0.4 is 10.2 Å². The quantitative estimate of drug-likeness (QED) is 0.835. The Morgan fingerprint density at radius 3 is 2.94 bits per heavy atom. The summed E-state index contributed by atoms with van der Waals surface area (Å²) in [5, 5.41) is 10.0. The number of phenols is 1. The molecular formula is C13H12O5. The fourth-order valence-corrected chi connectivity index (χ4v) is 1.80. The van der Waals surface area contributed by atoms with Crippen molar-refractivity contribution in [2.75, 3.05) is 13.2 Å². The van der Waals surface area contributed by atoms with E-state index in [9.17, 15) is 9.90 Å². The maximum atomic E-state index is 11.7. The van der Waals surface area contributed by atoms with Crippen LogP contribution in [0.25, 0.3) is 11.0 Å². The molecule has 0 bridgehead atoms. The number of benzene rings is 1. The van der Waals surface area contributed by atoms with E-state index in [1.54, 1.807) is 13.0 Å². The topological polar surface area (TPSA) is 72.2 Å². The van der Waals surface area contributed by atoms with E-state index in [1.165, 1.54) is 12.1 Å². The molecule has 3 rings (SSSR count). The van der Waals surface area contributed by atoms with Gasteiger partial charge in [0.1, 0.15) is 40.9 Å². The van der Waals surface area contributed by atoms with Crippen LogP contribution in [0, 0.1) is 6.92 Å². The first-order valence-electron chi connectivity index (χ1n) is 5.65. The maximum absolute atomic E-state index is 11.7. The van der Waals surface area contributed by atoms with Crippen molar-refractivity contribution in [3.63, 3.8) is 0 Å². The summed E-state index contributed by atoms with van der Waals surface area (Å²) in [5.41, 5.74) is 0.0649. The van der Waals surface area contributed by atoms with E-state index in [4.69, 9.17) is 13.9 Å². The lowest BCUT2D eigenvalue weighted by atomic mass is 10.2. The van der Waals surface area contributed by atoms with Crippen molar-refractivity contribution in [3.05, 3.63) is 34.2 Å². The third-order valence-corrected chi connectivity index (χ3v) is 2.74. The smallest absolute Gasteiger partial charge is 0.196 e. The zero-order chi connectivity index (χ0) is 12.7. The zero-order valence-electron chi connectivity index (χ0n) is 9.80. The summed E-state index contributed by atoms with van der Waals surface area (Å²) in [6.07, 6.45) is 0.132. The molecule has 1 aromatic carbocycles. The Labute approximate surface area is 103 Å². The number of hydrogen-bond acceptors (Lipinski definition) is 5. The second kappa shape index (κ2) is 4.03. The molecular weight excluding hydrogens is 236 g/mol. The number of phenolic OH excluding ortho intramolecular Hbond substituents is 1. The number of aromatic hydroxyl groups is 1. The van der Waals surface area contributed by atoms with Crippen molar-refractivity contribution >= 4 is 11.0 Å². The first-order chi connectivity index (χ1) is 8.63. The van der Waals surface area contributed by atoms with Crippen LogP contribution in [0.3, 0.4) is 0 Å². The average Bonchev–Trinajstić information content (AvgIpc) is 3.08. The molecule has 94 valence electrons. The van der Waals surface area contributed by atoms with Crippen molar-refractivity contribution in [3.8, 4) is 11.5 Å². The van der Waals surface area contributed by atoms with Crippen LogP contribution in [-0.2, 0) is 4.74 Å². The standard InChI is InChI=1S/C13H12O5/c1-7-2-10(14)13-11(15)3-8(4-12(13)18-7)16-5-9-6-17-9/h2-4,9,15H,5-6H2,1H3/t9-/m1/s1. The molecule has 1 N–H and O–H groups in total. The normalized spacial score (nSPS) is 17.9. The first-order valence-corrected chi connectivity index (χ1v) is 5.65. The molecule has 1 aliphatic rings. The number of aryl methyl sites for hydroxylation is 1. The van der Waals surface area contributed by atoms with Gasteiger partial charge in [0.15, 0.2) is 5.43 Å². The summed E-state index contributed by atoms with van der Waals surface area (Å²) >= 11 is 0. The largest absolute Gasteiger partial charge is 0.507 e. The number of epoxide rings is 1. The third-order valence-electron chi connectivity index (χ3n) is 2.74. The van der Waals surface area contributed by atoms with E-state index in [-0.39, 0.29) is 22.7 Å². The lowest BCUT2D eigenvalue weighted by Gasteiger charge is -2.07. The number of ether oxygens (including phenoxy) is 2. The summed E-state index contributed by atoms with van der Waals surface area (Å²) in [5.74, 6) is 0.826. The van der Waals surface area contributed by atoms with E-state index in [1.807, 2.05) is 0 Å². The van der Waals surface area contributed by atoms with E-state index >= 15 is 0 Å². The summed E-state index contributed by atoms with van der Waals surface area (Å²) < 4.78 is 15.9. The minimum atomic E-state index is -0.261. The van der Waals surface area contributed by atoms with Gasteiger partial charge in [0.25, 0.3) is 0 Å². The fraction of sp³-hybridized carbons (Fsp3) is 0.308. The fourth-order valence-electron chi connectivity index (χ4n) is 1.80. The van der Waals surface area contributed by atoms with Gasteiger partial charge in [0.05, 0.1) is 6.61 Å². The van der Waals surface area contributed by atoms with Gasteiger partial charge in [-0.2, -0.15) is 0 Å². The molecule has 0 saturated carbocycles. The van der Waals surface area contributed by atoms with Gasteiger partial charge in [-0.15, -0.1) is 0 Å². The highest BCUT2D eigenvalue weighted by Crippen LogP contribution is 2.29. The minimum Gasteiger partial charge on any atom is -0.507 e. The Bertz CT molecular complexity index is 654. The predicted molar refractivity (Wildman–Crippen MR) is 64.1 cm³/mol. The number of rotatable bonds is 3. The van der Waals surface area contributed by atoms with Gasteiger partial charge >= 0.3 is 0 Å². The molecule has 18 heavy (non-hydrogen) atoms. The summed E-state index contributed by atoms with van der Waals surface area (Å²) in [6, 6.07) is 4.36. The molecule has 1 aliphatic heterocycles. The van der Waals surface area contributed by atoms with Crippen LogP contribution in [0.5, 0.6) is 11.5 Å². The molecule has 1 fully saturated rings. The van der Waals surface area contributed by atoms with Gasteiger partial charge in [-0.25, -0.2) is 0 Å². The maximum Gasteiger partial charge on any atom is 0.196 e. The molecule has 2 aromatic rings. The Hall–Kier alpha value is -2.01. The zero-order valence-corrected chi connectivity index (χ0v) is 9.80. The van der Waals surface area contributed by atoms with Crippen molar-refractivity contribution in [1.82, 2.24) is 0 Å². The molecule has 2 heterocycles. The predicted octanol–water partition coefficient (Wildman–Crippen LogP) is 1.58. The molecule has 0 aliphatic carbocycles. The minimum absolute atomic E-state index is 0.132. The number of hydrogen-bond donors (Lipinski definition) is 1. The molecule has 0 spiro atoms. The summed E-state index contributed by atoms with van der Waals surface area (Å²) in [7, 11) is 0. The third kappa shape index (κ3) is 2.04. The van der Waals surface area contributed by atoms with Crippen LogP contribution in [0.1, 0.15) is 5.76 Å². The molecule has 1 atom stereocenters. The van der Waals surface area contributed by atoms with Crippen LogP contribution in [0.4, 0.5) is 0 Å². The highest BCUT2D eigenvalue weighted by Gasteiger charge is 2.23. The second-order valence-electron chi connectivity index (χ2n) is 4.30. The monoisotopic (exact) mass is 248 g/mol. The van der Waals surface area contributed by atoms with E-state index in [0.717, 1.165) is 0 Å². The van der Waals surface area contributed by atoms with E-state index < -0.39 is 0 Å². The van der Waals surface area contributed by atoms with Gasteiger partial charge < -0.3 is 19.0 Å². The average molecular weight is 248 g/mol. The molecule has 1 aromatic heterocycles. The number of fused-ring (bicyclic) bond motifs is 1. The van der Waals surface area contributed by atoms with Crippen LogP contribution in [-0.4, -0.2) is 24.4 Å². The highest BCUT2D eigenvalue weighted by molar-refractivity contribution is 5.84. The molecule has 5 heteroatoms. The molecule has 0 unspecified atom stereocenters. The van der Waals surface area contributed by atoms with Crippen LogP contribution in [0.2, 0.25) is 0 Å². The second-order valence-corrected chi connectivity index (χ2v) is 4.30. The Kier molecular flexibility index (Phi) is 2.48. The lowest BCUT2D eigenvalue weighted by Crippen LogP contribution is -2.05. The van der Waals surface area contributed by atoms with E-state index in [0.29, 0.717) is 30.3 Å². The molecule has 0 radical (unpaired) electrons. The Morgan fingerprint density at radius 2 is 2.22 bits per heavy atom. The van der Waals surface area contributed by atoms with Gasteiger partial charge in [0.2, 0.25) is 0 Å².